The molecule has 1 N–H and O–H groups in total. The number of halogens is 1. The molecule has 3 nitrogen and oxygen atoms in total. The molecular weight excluding hydrogens is 284 g/mol. The van der Waals surface area contributed by atoms with E-state index >= 15 is 0 Å². The third-order valence-corrected chi connectivity index (χ3v) is 4.31. The lowest BCUT2D eigenvalue weighted by Crippen LogP contribution is -2.31. The number of benzene rings is 1. The molecule has 116 valence electrons. The van der Waals surface area contributed by atoms with Crippen molar-refractivity contribution < 1.29 is 4.79 Å². The normalized spacial score (nSPS) is 22.0. The molecule has 21 heavy (non-hydrogen) atoms. The zero-order valence-corrected chi connectivity index (χ0v) is 13.7. The molecule has 2 unspecified atom stereocenters. The second kappa shape index (κ2) is 7.81. The SMILES string of the molecule is CCCCCCN1C(=O)C(CC)NC1c1cccc(Cl)c1. The van der Waals surface area contributed by atoms with Crippen LogP contribution in [0.1, 0.15) is 57.7 Å². The molecule has 1 aliphatic rings. The van der Waals surface area contributed by atoms with Crippen molar-refractivity contribution in [2.24, 2.45) is 0 Å². The van der Waals surface area contributed by atoms with Gasteiger partial charge in [-0.2, -0.15) is 0 Å². The average molecular weight is 309 g/mol. The molecule has 1 saturated heterocycles. The molecule has 1 amide bonds. The van der Waals surface area contributed by atoms with Gasteiger partial charge in [0.15, 0.2) is 0 Å². The lowest BCUT2D eigenvalue weighted by molar-refractivity contribution is -0.130. The molecule has 2 rings (SSSR count). The molecule has 1 heterocycles. The summed E-state index contributed by atoms with van der Waals surface area (Å²) in [7, 11) is 0. The van der Waals surface area contributed by atoms with Gasteiger partial charge >= 0.3 is 0 Å². The maximum atomic E-state index is 12.5. The fourth-order valence-electron chi connectivity index (χ4n) is 2.87. The smallest absolute Gasteiger partial charge is 0.241 e. The minimum Gasteiger partial charge on any atom is -0.322 e. The number of unbranched alkanes of at least 4 members (excludes halogenated alkanes) is 3. The third-order valence-electron chi connectivity index (χ3n) is 4.08. The summed E-state index contributed by atoms with van der Waals surface area (Å²) in [5.74, 6) is 0.221. The number of hydrogen-bond acceptors (Lipinski definition) is 2. The second-order valence-electron chi connectivity index (χ2n) is 5.68. The molecule has 1 aromatic rings. The second-order valence-corrected chi connectivity index (χ2v) is 6.11. The summed E-state index contributed by atoms with van der Waals surface area (Å²) in [5.41, 5.74) is 1.07. The van der Waals surface area contributed by atoms with Gasteiger partial charge in [-0.05, 0) is 30.5 Å². The summed E-state index contributed by atoms with van der Waals surface area (Å²) in [4.78, 5) is 14.5. The Bertz CT molecular complexity index is 478. The standard InChI is InChI=1S/C17H25ClN2O/c1-3-5-6-7-11-20-16(19-15(4-2)17(20)21)13-9-8-10-14(18)12-13/h8-10,12,15-16,19H,3-7,11H2,1-2H3. The van der Waals surface area contributed by atoms with E-state index < -0.39 is 0 Å². The molecule has 1 fully saturated rings. The zero-order chi connectivity index (χ0) is 15.2. The van der Waals surface area contributed by atoms with Crippen molar-refractivity contribution >= 4 is 17.5 Å². The first-order valence-corrected chi connectivity index (χ1v) is 8.37. The van der Waals surface area contributed by atoms with Crippen molar-refractivity contribution in [3.05, 3.63) is 34.9 Å². The summed E-state index contributed by atoms with van der Waals surface area (Å²) < 4.78 is 0. The molecule has 0 bridgehead atoms. The van der Waals surface area contributed by atoms with Crippen molar-refractivity contribution in [2.45, 2.75) is 58.2 Å². The quantitative estimate of drug-likeness (QED) is 0.768. The van der Waals surface area contributed by atoms with E-state index in [4.69, 9.17) is 11.6 Å². The van der Waals surface area contributed by atoms with Crippen LogP contribution in [0, 0.1) is 0 Å². The summed E-state index contributed by atoms with van der Waals surface area (Å²) in [6, 6.07) is 7.72. The fourth-order valence-corrected chi connectivity index (χ4v) is 3.07. The fraction of sp³-hybridized carbons (Fsp3) is 0.588. The van der Waals surface area contributed by atoms with E-state index in [1.54, 1.807) is 0 Å². The minimum atomic E-state index is -0.0693. The van der Waals surface area contributed by atoms with E-state index in [9.17, 15) is 4.79 Å². The first-order chi connectivity index (χ1) is 10.2. The Labute approximate surface area is 132 Å². The van der Waals surface area contributed by atoms with Crippen LogP contribution in [0.25, 0.3) is 0 Å². The lowest BCUT2D eigenvalue weighted by atomic mass is 10.1. The van der Waals surface area contributed by atoms with E-state index in [0.29, 0.717) is 5.02 Å². The van der Waals surface area contributed by atoms with Gasteiger partial charge < -0.3 is 4.90 Å². The monoisotopic (exact) mass is 308 g/mol. The molecule has 1 aliphatic heterocycles. The summed E-state index contributed by atoms with van der Waals surface area (Å²) in [5, 5.41) is 4.16. The van der Waals surface area contributed by atoms with Gasteiger partial charge in [0.1, 0.15) is 6.17 Å². The lowest BCUT2D eigenvalue weighted by Gasteiger charge is -2.24. The number of carbonyl (C=O) groups excluding carboxylic acids is 1. The van der Waals surface area contributed by atoms with Gasteiger partial charge in [-0.1, -0.05) is 56.8 Å². The largest absolute Gasteiger partial charge is 0.322 e. The minimum absolute atomic E-state index is 0.0391. The molecule has 1 aromatic carbocycles. The maximum absolute atomic E-state index is 12.5. The van der Waals surface area contributed by atoms with Crippen LogP contribution in [0.4, 0.5) is 0 Å². The van der Waals surface area contributed by atoms with Crippen molar-refractivity contribution in [3.63, 3.8) is 0 Å². The van der Waals surface area contributed by atoms with Crippen molar-refractivity contribution in [3.8, 4) is 0 Å². The Hall–Kier alpha value is -1.06. The molecule has 0 spiro atoms. The van der Waals surface area contributed by atoms with Crippen molar-refractivity contribution in [2.75, 3.05) is 6.54 Å². The van der Waals surface area contributed by atoms with Crippen LogP contribution in [0.3, 0.4) is 0 Å². The predicted molar refractivity (Wildman–Crippen MR) is 87.3 cm³/mol. The molecule has 2 atom stereocenters. The number of rotatable bonds is 7. The molecule has 0 saturated carbocycles. The Balaban J connectivity index is 2.10. The Morgan fingerprint density at radius 1 is 1.24 bits per heavy atom. The van der Waals surface area contributed by atoms with Crippen LogP contribution < -0.4 is 5.32 Å². The Morgan fingerprint density at radius 2 is 2.05 bits per heavy atom. The highest BCUT2D eigenvalue weighted by molar-refractivity contribution is 6.30. The number of nitrogens with zero attached hydrogens (tertiary/aromatic N) is 1. The van der Waals surface area contributed by atoms with Crippen LogP contribution in [-0.2, 0) is 4.79 Å². The van der Waals surface area contributed by atoms with Gasteiger partial charge in [0.05, 0.1) is 6.04 Å². The highest BCUT2D eigenvalue weighted by Gasteiger charge is 2.38. The molecule has 0 aliphatic carbocycles. The average Bonchev–Trinajstić information content (AvgIpc) is 2.80. The van der Waals surface area contributed by atoms with Gasteiger partial charge in [0.25, 0.3) is 0 Å². The van der Waals surface area contributed by atoms with E-state index in [1.807, 2.05) is 36.1 Å². The first-order valence-electron chi connectivity index (χ1n) is 7.99. The topological polar surface area (TPSA) is 32.3 Å². The van der Waals surface area contributed by atoms with Crippen LogP contribution in [0.2, 0.25) is 5.02 Å². The van der Waals surface area contributed by atoms with Crippen LogP contribution in [0.15, 0.2) is 24.3 Å². The van der Waals surface area contributed by atoms with Crippen molar-refractivity contribution in [1.82, 2.24) is 10.2 Å². The highest BCUT2D eigenvalue weighted by atomic mass is 35.5. The maximum Gasteiger partial charge on any atom is 0.241 e. The molecule has 4 heteroatoms. The van der Waals surface area contributed by atoms with E-state index in [-0.39, 0.29) is 18.1 Å². The number of hydrogen-bond donors (Lipinski definition) is 1. The van der Waals surface area contributed by atoms with Gasteiger partial charge in [-0.15, -0.1) is 0 Å². The van der Waals surface area contributed by atoms with Crippen LogP contribution >= 0.6 is 11.6 Å². The summed E-state index contributed by atoms with van der Waals surface area (Å²) in [6.45, 7) is 5.06. The molecular formula is C17H25ClN2O. The van der Waals surface area contributed by atoms with Gasteiger partial charge in [-0.3, -0.25) is 10.1 Å². The first kappa shape index (κ1) is 16.3. The summed E-state index contributed by atoms with van der Waals surface area (Å²) in [6.07, 6.45) is 5.47. The zero-order valence-electron chi connectivity index (χ0n) is 12.9. The Kier molecular flexibility index (Phi) is 6.07. The van der Waals surface area contributed by atoms with Crippen LogP contribution in [0.5, 0.6) is 0 Å². The predicted octanol–water partition coefficient (Wildman–Crippen LogP) is 4.13. The third kappa shape index (κ3) is 3.98. The van der Waals surface area contributed by atoms with Gasteiger partial charge in [-0.25, -0.2) is 0 Å². The number of nitrogens with one attached hydrogen (secondary N) is 1. The van der Waals surface area contributed by atoms with E-state index in [0.717, 1.165) is 24.9 Å². The van der Waals surface area contributed by atoms with Gasteiger partial charge in [0, 0.05) is 11.6 Å². The van der Waals surface area contributed by atoms with E-state index in [1.165, 1.54) is 19.3 Å². The Morgan fingerprint density at radius 3 is 2.71 bits per heavy atom. The number of carbonyl (C=O) groups is 1. The van der Waals surface area contributed by atoms with E-state index in [2.05, 4.69) is 12.2 Å². The van der Waals surface area contributed by atoms with Crippen molar-refractivity contribution in [1.29, 1.82) is 0 Å². The number of amides is 1. The summed E-state index contributed by atoms with van der Waals surface area (Å²) >= 11 is 6.09. The van der Waals surface area contributed by atoms with Gasteiger partial charge in [0.2, 0.25) is 5.91 Å². The molecule has 0 aromatic heterocycles. The highest BCUT2D eigenvalue weighted by Crippen LogP contribution is 2.28. The van der Waals surface area contributed by atoms with Crippen LogP contribution in [-0.4, -0.2) is 23.4 Å². The molecule has 0 radical (unpaired) electrons.